The fourth-order valence-electron chi connectivity index (χ4n) is 3.51. The zero-order valence-corrected chi connectivity index (χ0v) is 19.6. The second-order valence-corrected chi connectivity index (χ2v) is 8.86. The fraction of sp³-hybridized carbons (Fsp3) is 0.250. The van der Waals surface area contributed by atoms with Crippen LogP contribution in [0, 0.1) is 13.8 Å². The van der Waals surface area contributed by atoms with Crippen LogP contribution in [0.1, 0.15) is 28.1 Å². The predicted molar refractivity (Wildman–Crippen MR) is 128 cm³/mol. The maximum Gasteiger partial charge on any atom is 0.253 e. The van der Waals surface area contributed by atoms with E-state index in [0.29, 0.717) is 23.9 Å². The molecule has 0 aliphatic carbocycles. The summed E-state index contributed by atoms with van der Waals surface area (Å²) in [7, 11) is 0. The monoisotopic (exact) mass is 465 g/mol. The Labute approximate surface area is 196 Å². The third-order valence-electron chi connectivity index (χ3n) is 5.27. The number of nitrogens with zero attached hydrogens (tertiary/aromatic N) is 4. The predicted octanol–water partition coefficient (Wildman–Crippen LogP) is 4.44. The third kappa shape index (κ3) is 5.29. The van der Waals surface area contributed by atoms with Crippen molar-refractivity contribution in [1.29, 1.82) is 0 Å². The van der Waals surface area contributed by atoms with Crippen molar-refractivity contribution in [3.05, 3.63) is 87.7 Å². The van der Waals surface area contributed by atoms with Crippen molar-refractivity contribution in [3.63, 3.8) is 0 Å². The van der Waals surface area contributed by atoms with Crippen LogP contribution in [0.5, 0.6) is 0 Å². The molecule has 2 aromatic carbocycles. The van der Waals surface area contributed by atoms with Gasteiger partial charge in [-0.15, -0.1) is 5.10 Å². The van der Waals surface area contributed by atoms with E-state index in [4.69, 9.17) is 11.6 Å². The lowest BCUT2D eigenvalue weighted by Crippen LogP contribution is -2.27. The first-order valence-electron chi connectivity index (χ1n) is 10.4. The number of nitrogens with one attached hydrogen (secondary N) is 1. The Hall–Kier alpha value is -2.90. The van der Waals surface area contributed by atoms with Gasteiger partial charge < -0.3 is 5.32 Å². The summed E-state index contributed by atoms with van der Waals surface area (Å²) in [6.07, 6.45) is 1.48. The molecule has 2 aromatic heterocycles. The van der Waals surface area contributed by atoms with Gasteiger partial charge in [0.1, 0.15) is 0 Å². The van der Waals surface area contributed by atoms with Crippen LogP contribution in [0.3, 0.4) is 0 Å². The van der Waals surface area contributed by atoms with E-state index in [9.17, 15) is 4.79 Å². The molecule has 2 heterocycles. The van der Waals surface area contributed by atoms with Crippen LogP contribution in [-0.4, -0.2) is 37.8 Å². The summed E-state index contributed by atoms with van der Waals surface area (Å²) in [5, 5.41) is 8.79. The number of halogens is 1. The van der Waals surface area contributed by atoms with Crippen molar-refractivity contribution in [3.8, 4) is 0 Å². The number of hydrogen-bond acceptors (Lipinski definition) is 5. The van der Waals surface area contributed by atoms with Crippen molar-refractivity contribution >= 4 is 35.0 Å². The average Bonchev–Trinajstić information content (AvgIpc) is 3.20. The van der Waals surface area contributed by atoms with Gasteiger partial charge in [0, 0.05) is 29.4 Å². The van der Waals surface area contributed by atoms with E-state index >= 15 is 0 Å². The van der Waals surface area contributed by atoms with Gasteiger partial charge in [0.2, 0.25) is 11.1 Å². The Kier molecular flexibility index (Phi) is 7.07. The van der Waals surface area contributed by atoms with E-state index in [1.54, 1.807) is 4.52 Å². The highest BCUT2D eigenvalue weighted by Gasteiger charge is 2.16. The van der Waals surface area contributed by atoms with Crippen LogP contribution >= 0.6 is 23.4 Å². The summed E-state index contributed by atoms with van der Waals surface area (Å²) in [5.74, 6) is 0.760. The van der Waals surface area contributed by atoms with E-state index in [-0.39, 0.29) is 11.7 Å². The number of rotatable bonds is 8. The fourth-order valence-corrected chi connectivity index (χ4v) is 4.36. The molecular weight excluding hydrogens is 442 g/mol. The number of fused-ring (bicyclic) bond motifs is 1. The van der Waals surface area contributed by atoms with Gasteiger partial charge in [-0.2, -0.15) is 4.98 Å². The Balaban J connectivity index is 1.40. The topological polar surface area (TPSA) is 72.2 Å². The molecule has 0 aliphatic heterocycles. The molecule has 4 aromatic rings. The Bertz CT molecular complexity index is 1240. The standard InChI is InChI=1S/C24H24ClN5OS/c1-16-20(14-19-10-6-7-11-21(19)25)17(2)30-23(27-16)28-24(29-30)32-15-22(31)26-13-12-18-8-4-3-5-9-18/h3-11H,12-15H2,1-2H3,(H,26,31). The molecule has 0 fully saturated rings. The maximum atomic E-state index is 12.2. The van der Waals surface area contributed by atoms with Crippen LogP contribution < -0.4 is 5.32 Å². The lowest BCUT2D eigenvalue weighted by atomic mass is 10.0. The maximum absolute atomic E-state index is 12.2. The van der Waals surface area contributed by atoms with Gasteiger partial charge in [-0.3, -0.25) is 4.79 Å². The number of carbonyl (C=O) groups is 1. The third-order valence-corrected chi connectivity index (χ3v) is 6.47. The molecule has 0 radical (unpaired) electrons. The van der Waals surface area contributed by atoms with Crippen molar-refractivity contribution in [1.82, 2.24) is 24.9 Å². The van der Waals surface area contributed by atoms with E-state index in [0.717, 1.165) is 34.0 Å². The van der Waals surface area contributed by atoms with Gasteiger partial charge in [0.05, 0.1) is 5.75 Å². The molecule has 0 aliphatic rings. The first kappa shape index (κ1) is 22.3. The summed E-state index contributed by atoms with van der Waals surface area (Å²) >= 11 is 7.66. The van der Waals surface area contributed by atoms with Gasteiger partial charge in [-0.05, 0) is 43.0 Å². The molecule has 0 bridgehead atoms. The van der Waals surface area contributed by atoms with E-state index in [1.165, 1.54) is 17.3 Å². The van der Waals surface area contributed by atoms with E-state index < -0.39 is 0 Å². The second kappa shape index (κ2) is 10.1. The molecule has 0 saturated heterocycles. The summed E-state index contributed by atoms with van der Waals surface area (Å²) in [5.41, 5.74) is 5.19. The minimum atomic E-state index is -0.0370. The number of aromatic nitrogens is 4. The molecule has 8 heteroatoms. The number of benzene rings is 2. The average molecular weight is 466 g/mol. The zero-order chi connectivity index (χ0) is 22.5. The normalized spacial score (nSPS) is 11.1. The van der Waals surface area contributed by atoms with Crippen LogP contribution in [0.25, 0.3) is 5.78 Å². The first-order valence-corrected chi connectivity index (χ1v) is 11.8. The molecule has 6 nitrogen and oxygen atoms in total. The molecule has 0 spiro atoms. The molecule has 1 amide bonds. The van der Waals surface area contributed by atoms with Gasteiger partial charge in [0.15, 0.2) is 0 Å². The molecule has 32 heavy (non-hydrogen) atoms. The number of carbonyl (C=O) groups excluding carboxylic acids is 1. The van der Waals surface area contributed by atoms with Gasteiger partial charge >= 0.3 is 0 Å². The largest absolute Gasteiger partial charge is 0.355 e. The Morgan fingerprint density at radius 1 is 1.06 bits per heavy atom. The number of thioether (sulfide) groups is 1. The van der Waals surface area contributed by atoms with E-state index in [2.05, 4.69) is 32.5 Å². The lowest BCUT2D eigenvalue weighted by molar-refractivity contribution is -0.118. The SMILES string of the molecule is Cc1nc2nc(SCC(=O)NCCc3ccccc3)nn2c(C)c1Cc1ccccc1Cl. The molecule has 1 N–H and O–H groups in total. The Morgan fingerprint density at radius 3 is 2.59 bits per heavy atom. The quantitative estimate of drug-likeness (QED) is 0.389. The van der Waals surface area contributed by atoms with Crippen LogP contribution in [0.15, 0.2) is 59.8 Å². The highest BCUT2D eigenvalue weighted by molar-refractivity contribution is 7.99. The molecule has 0 saturated carbocycles. The van der Waals surface area contributed by atoms with Gasteiger partial charge in [0.25, 0.3) is 5.78 Å². The summed E-state index contributed by atoms with van der Waals surface area (Å²) in [4.78, 5) is 21.3. The first-order chi connectivity index (χ1) is 15.5. The van der Waals surface area contributed by atoms with E-state index in [1.807, 2.05) is 56.3 Å². The van der Waals surface area contributed by atoms with Gasteiger partial charge in [-0.1, -0.05) is 71.9 Å². The van der Waals surface area contributed by atoms with Crippen molar-refractivity contribution in [2.75, 3.05) is 12.3 Å². The van der Waals surface area contributed by atoms with Crippen LogP contribution in [0.2, 0.25) is 5.02 Å². The molecular formula is C24H24ClN5OS. The van der Waals surface area contributed by atoms with Crippen LogP contribution in [-0.2, 0) is 17.6 Å². The number of aryl methyl sites for hydroxylation is 2. The smallest absolute Gasteiger partial charge is 0.253 e. The number of amides is 1. The highest BCUT2D eigenvalue weighted by Crippen LogP contribution is 2.24. The van der Waals surface area contributed by atoms with Crippen LogP contribution in [0.4, 0.5) is 0 Å². The second-order valence-electron chi connectivity index (χ2n) is 7.51. The minimum absolute atomic E-state index is 0.0370. The minimum Gasteiger partial charge on any atom is -0.355 e. The number of hydrogen-bond donors (Lipinski definition) is 1. The summed E-state index contributed by atoms with van der Waals surface area (Å²) in [6, 6.07) is 17.9. The van der Waals surface area contributed by atoms with Crippen molar-refractivity contribution < 1.29 is 4.79 Å². The molecule has 0 atom stereocenters. The zero-order valence-electron chi connectivity index (χ0n) is 18.0. The molecule has 164 valence electrons. The molecule has 0 unspecified atom stereocenters. The summed E-state index contributed by atoms with van der Waals surface area (Å²) in [6.45, 7) is 4.58. The highest BCUT2D eigenvalue weighted by atomic mass is 35.5. The van der Waals surface area contributed by atoms with Crippen molar-refractivity contribution in [2.24, 2.45) is 0 Å². The van der Waals surface area contributed by atoms with Crippen molar-refractivity contribution in [2.45, 2.75) is 31.8 Å². The summed E-state index contributed by atoms with van der Waals surface area (Å²) < 4.78 is 1.74. The Morgan fingerprint density at radius 2 is 1.81 bits per heavy atom. The van der Waals surface area contributed by atoms with Gasteiger partial charge in [-0.25, -0.2) is 9.50 Å². The lowest BCUT2D eigenvalue weighted by Gasteiger charge is -2.11. The molecule has 4 rings (SSSR count).